The number of aromatic hydroxyl groups is 1. The molecule has 2 aromatic carbocycles. The minimum absolute atomic E-state index is 0.0271. The van der Waals surface area contributed by atoms with Gasteiger partial charge in [0.05, 0.1) is 19.5 Å². The number of phenols is 1. The number of aromatic amines is 2. The van der Waals surface area contributed by atoms with Gasteiger partial charge in [0.1, 0.15) is 42.5 Å². The third-order valence-corrected chi connectivity index (χ3v) is 9.19. The SMILES string of the molecule is CCOC(=O)CNC(=O)[C@H](Cc1ccc(O)cc1)NC(=O)[C@H](CO)NC(=O)[C@H](Cc1c[nH]c2ccccc12)NC(=O)[C@H](Cc1cnc[nH]1)NC(=O)[C@@H]1CCC(=O)N1. The van der Waals surface area contributed by atoms with Crippen molar-refractivity contribution in [3.8, 4) is 5.75 Å². The van der Waals surface area contributed by atoms with Crippen molar-refractivity contribution >= 4 is 52.3 Å². The molecule has 1 aliphatic heterocycles. The molecule has 57 heavy (non-hydrogen) atoms. The van der Waals surface area contributed by atoms with Gasteiger partial charge in [0, 0.05) is 54.7 Å². The van der Waals surface area contributed by atoms with Gasteiger partial charge in [-0.05, 0) is 42.7 Å². The van der Waals surface area contributed by atoms with Crippen LogP contribution in [0.5, 0.6) is 5.75 Å². The predicted molar refractivity (Wildman–Crippen MR) is 202 cm³/mol. The standard InChI is InChI=1S/C38H45N9O10/c1-2-57-33(51)18-41-34(52)28(13-21-7-9-24(49)10-8-21)44-38(56)31(19-48)47-36(54)29(14-22-16-40-26-6-4-3-5-25(22)26)45-37(55)30(15-23-17-39-20-42-23)46-35(53)27-11-12-32(50)43-27/h3-10,16-17,20,27-31,40,48-49H,2,11-15,18-19H2,1H3,(H,39,42)(H,41,52)(H,43,50)(H,44,56)(H,45,55)(H,46,53)(H,47,54)/t27-,28-,29-,30-,31-/m0/s1. The van der Waals surface area contributed by atoms with Crippen LogP contribution in [-0.4, -0.2) is 117 Å². The second kappa shape index (κ2) is 19.7. The van der Waals surface area contributed by atoms with Crippen molar-refractivity contribution in [3.05, 3.63) is 84.1 Å². The second-order valence-corrected chi connectivity index (χ2v) is 13.3. The van der Waals surface area contributed by atoms with Crippen molar-refractivity contribution in [1.29, 1.82) is 0 Å². The summed E-state index contributed by atoms with van der Waals surface area (Å²) in [6.07, 6.45) is 4.68. The van der Waals surface area contributed by atoms with Gasteiger partial charge in [-0.3, -0.25) is 33.6 Å². The quantitative estimate of drug-likeness (QED) is 0.0489. The summed E-state index contributed by atoms with van der Waals surface area (Å²) < 4.78 is 4.86. The predicted octanol–water partition coefficient (Wildman–Crippen LogP) is -1.49. The average Bonchev–Trinajstić information content (AvgIpc) is 3.98. The van der Waals surface area contributed by atoms with Gasteiger partial charge >= 0.3 is 5.97 Å². The van der Waals surface area contributed by atoms with Crippen molar-refractivity contribution in [2.45, 2.75) is 69.2 Å². The summed E-state index contributed by atoms with van der Waals surface area (Å²) >= 11 is 0. The molecule has 5 atom stereocenters. The highest BCUT2D eigenvalue weighted by Gasteiger charge is 2.34. The molecule has 10 N–H and O–H groups in total. The van der Waals surface area contributed by atoms with Gasteiger partial charge in [0.2, 0.25) is 35.4 Å². The summed E-state index contributed by atoms with van der Waals surface area (Å²) in [5, 5.41) is 36.1. The number of hydrogen-bond donors (Lipinski definition) is 10. The maximum Gasteiger partial charge on any atom is 0.325 e. The van der Waals surface area contributed by atoms with Gasteiger partial charge in [-0.15, -0.1) is 0 Å². The number of aliphatic hydroxyl groups excluding tert-OH is 1. The summed E-state index contributed by atoms with van der Waals surface area (Å²) in [6, 6.07) is 6.72. The number of carbonyl (C=O) groups excluding carboxylic acids is 7. The number of carbonyl (C=O) groups is 7. The number of imidazole rings is 1. The van der Waals surface area contributed by atoms with Crippen molar-refractivity contribution in [3.63, 3.8) is 0 Å². The van der Waals surface area contributed by atoms with Crippen LogP contribution in [0.3, 0.4) is 0 Å². The van der Waals surface area contributed by atoms with E-state index < -0.39 is 78.9 Å². The molecule has 2 aromatic heterocycles. The maximum atomic E-state index is 14.1. The van der Waals surface area contributed by atoms with E-state index in [1.165, 1.54) is 36.8 Å². The summed E-state index contributed by atoms with van der Waals surface area (Å²) in [7, 11) is 0. The summed E-state index contributed by atoms with van der Waals surface area (Å²) in [5.74, 6) is -4.99. The van der Waals surface area contributed by atoms with Crippen LogP contribution in [0.1, 0.15) is 36.6 Å². The zero-order chi connectivity index (χ0) is 40.9. The fourth-order valence-electron chi connectivity index (χ4n) is 6.22. The molecule has 6 amide bonds. The lowest BCUT2D eigenvalue weighted by Gasteiger charge is -2.26. The Kier molecular flexibility index (Phi) is 14.3. The van der Waals surface area contributed by atoms with Gasteiger partial charge in [0.25, 0.3) is 0 Å². The summed E-state index contributed by atoms with van der Waals surface area (Å²) in [6.45, 7) is 0.292. The van der Waals surface area contributed by atoms with Crippen LogP contribution in [0, 0.1) is 0 Å². The molecule has 4 aromatic rings. The Hall–Kier alpha value is -6.76. The molecule has 0 spiro atoms. The first kappa shape index (κ1) is 41.4. The van der Waals surface area contributed by atoms with Crippen molar-refractivity contribution in [2.75, 3.05) is 19.8 Å². The Morgan fingerprint density at radius 2 is 1.51 bits per heavy atom. The number of esters is 1. The number of para-hydroxylation sites is 1. The number of amides is 6. The van der Waals surface area contributed by atoms with E-state index in [1.54, 1.807) is 19.2 Å². The number of H-pyrrole nitrogens is 2. The lowest BCUT2D eigenvalue weighted by molar-refractivity contribution is -0.143. The Morgan fingerprint density at radius 1 is 0.842 bits per heavy atom. The zero-order valence-corrected chi connectivity index (χ0v) is 31.0. The smallest absolute Gasteiger partial charge is 0.325 e. The summed E-state index contributed by atoms with van der Waals surface area (Å²) in [5.41, 5.74) is 2.41. The molecular formula is C38H45N9O10. The average molecular weight is 788 g/mol. The number of hydrogen-bond acceptors (Lipinski definition) is 11. The molecule has 0 bridgehead atoms. The van der Waals surface area contributed by atoms with Gasteiger partial charge in [-0.25, -0.2) is 4.98 Å². The number of rotatable bonds is 19. The van der Waals surface area contributed by atoms with Crippen LogP contribution in [0.15, 0.2) is 67.3 Å². The molecule has 1 fully saturated rings. The molecule has 0 radical (unpaired) electrons. The van der Waals surface area contributed by atoms with Crippen LogP contribution in [0.4, 0.5) is 0 Å². The van der Waals surface area contributed by atoms with E-state index in [9.17, 15) is 43.8 Å². The normalized spacial score (nSPS) is 15.7. The topological polar surface area (TPSA) is 286 Å². The largest absolute Gasteiger partial charge is 0.508 e. The molecule has 302 valence electrons. The van der Waals surface area contributed by atoms with Crippen LogP contribution in [0.25, 0.3) is 10.9 Å². The second-order valence-electron chi connectivity index (χ2n) is 13.3. The van der Waals surface area contributed by atoms with Gasteiger partial charge < -0.3 is 56.8 Å². The van der Waals surface area contributed by atoms with E-state index in [0.29, 0.717) is 16.8 Å². The first-order valence-corrected chi connectivity index (χ1v) is 18.3. The van der Waals surface area contributed by atoms with Crippen LogP contribution >= 0.6 is 0 Å². The Balaban J connectivity index is 1.35. The van der Waals surface area contributed by atoms with Crippen molar-refractivity contribution in [1.82, 2.24) is 46.9 Å². The number of aliphatic hydroxyl groups is 1. The van der Waals surface area contributed by atoms with E-state index in [-0.39, 0.29) is 50.4 Å². The Morgan fingerprint density at radius 3 is 2.16 bits per heavy atom. The third-order valence-electron chi connectivity index (χ3n) is 9.19. The fraction of sp³-hybridized carbons (Fsp3) is 0.368. The highest BCUT2D eigenvalue weighted by molar-refractivity contribution is 5.98. The molecule has 3 heterocycles. The van der Waals surface area contributed by atoms with E-state index in [2.05, 4.69) is 46.9 Å². The molecule has 19 heteroatoms. The zero-order valence-electron chi connectivity index (χ0n) is 31.0. The van der Waals surface area contributed by atoms with E-state index in [4.69, 9.17) is 4.74 Å². The Labute approximate surface area is 326 Å². The first-order chi connectivity index (χ1) is 27.4. The molecule has 1 saturated heterocycles. The number of nitrogens with zero attached hydrogens (tertiary/aromatic N) is 1. The van der Waals surface area contributed by atoms with Crippen molar-refractivity contribution < 1.29 is 48.5 Å². The van der Waals surface area contributed by atoms with Gasteiger partial charge in [0.15, 0.2) is 0 Å². The number of phenolic OH excluding ortho intramolecular Hbond substituents is 1. The number of fused-ring (bicyclic) bond motifs is 1. The Bertz CT molecular complexity index is 2050. The molecule has 0 saturated carbocycles. The minimum atomic E-state index is -1.62. The molecule has 1 aliphatic rings. The number of benzene rings is 2. The lowest BCUT2D eigenvalue weighted by Crippen LogP contribution is -2.60. The number of nitrogens with one attached hydrogen (secondary N) is 8. The van der Waals surface area contributed by atoms with Gasteiger partial charge in [-0.2, -0.15) is 0 Å². The molecule has 0 unspecified atom stereocenters. The highest BCUT2D eigenvalue weighted by Crippen LogP contribution is 2.20. The lowest BCUT2D eigenvalue weighted by atomic mass is 10.0. The minimum Gasteiger partial charge on any atom is -0.508 e. The van der Waals surface area contributed by atoms with Gasteiger partial charge in [-0.1, -0.05) is 30.3 Å². The molecular weight excluding hydrogens is 742 g/mol. The molecule has 19 nitrogen and oxygen atoms in total. The van der Waals surface area contributed by atoms with Crippen molar-refractivity contribution in [2.24, 2.45) is 0 Å². The fourth-order valence-corrected chi connectivity index (χ4v) is 6.22. The van der Waals surface area contributed by atoms with E-state index in [1.807, 2.05) is 18.2 Å². The van der Waals surface area contributed by atoms with Crippen LogP contribution < -0.4 is 31.9 Å². The number of aromatic nitrogens is 3. The van der Waals surface area contributed by atoms with Crippen LogP contribution in [0.2, 0.25) is 0 Å². The summed E-state index contributed by atoms with van der Waals surface area (Å²) in [4.78, 5) is 102. The first-order valence-electron chi connectivity index (χ1n) is 18.3. The van der Waals surface area contributed by atoms with Crippen LogP contribution in [-0.2, 0) is 57.6 Å². The monoisotopic (exact) mass is 787 g/mol. The van der Waals surface area contributed by atoms with E-state index in [0.717, 1.165) is 10.9 Å². The highest BCUT2D eigenvalue weighted by atomic mass is 16.5. The molecule has 0 aliphatic carbocycles. The molecule has 5 rings (SSSR count). The van der Waals surface area contributed by atoms with E-state index >= 15 is 0 Å². The number of ether oxygens (including phenoxy) is 1. The third kappa shape index (κ3) is 11.6. The maximum absolute atomic E-state index is 14.1.